The van der Waals surface area contributed by atoms with E-state index in [2.05, 4.69) is 10.1 Å². The molecular formula is C21H14ClFN4O. The van der Waals surface area contributed by atoms with Gasteiger partial charge in [0.05, 0.1) is 5.69 Å². The Labute approximate surface area is 165 Å². The topological polar surface area (TPSA) is 88.7 Å². The minimum Gasteiger partial charge on any atom is -0.356 e. The molecule has 28 heavy (non-hydrogen) atoms. The molecule has 0 aliphatic heterocycles. The van der Waals surface area contributed by atoms with Crippen LogP contribution in [-0.4, -0.2) is 10.1 Å². The number of hydrogen-bond donors (Lipinski definition) is 1. The van der Waals surface area contributed by atoms with Crippen LogP contribution in [-0.2, 0) is 6.42 Å². The van der Waals surface area contributed by atoms with Crippen molar-refractivity contribution in [3.63, 3.8) is 0 Å². The van der Waals surface area contributed by atoms with Gasteiger partial charge in [-0.1, -0.05) is 41.0 Å². The van der Waals surface area contributed by atoms with E-state index in [1.54, 1.807) is 12.1 Å². The number of pyridine rings is 1. The summed E-state index contributed by atoms with van der Waals surface area (Å²) in [6.07, 6.45) is 0.139. The van der Waals surface area contributed by atoms with Crippen molar-refractivity contribution in [2.24, 2.45) is 5.73 Å². The summed E-state index contributed by atoms with van der Waals surface area (Å²) in [4.78, 5) is 4.04. The molecule has 2 aromatic carbocycles. The van der Waals surface area contributed by atoms with Crippen molar-refractivity contribution in [1.29, 1.82) is 5.26 Å². The Hall–Kier alpha value is -3.27. The molecule has 1 atom stereocenters. The first-order chi connectivity index (χ1) is 13.6. The fourth-order valence-electron chi connectivity index (χ4n) is 3.15. The van der Waals surface area contributed by atoms with Crippen molar-refractivity contribution in [3.05, 3.63) is 82.4 Å². The van der Waals surface area contributed by atoms with Crippen LogP contribution >= 0.6 is 11.6 Å². The lowest BCUT2D eigenvalue weighted by Gasteiger charge is -2.16. The molecule has 2 aromatic heterocycles. The SMILES string of the molecule is N#Cc1ccc(F)c(CC(N)c2ccccc2-c2noc3cc(Cl)ccc23)n1. The summed E-state index contributed by atoms with van der Waals surface area (Å²) < 4.78 is 19.5. The van der Waals surface area contributed by atoms with Crippen molar-refractivity contribution in [3.8, 4) is 17.3 Å². The molecule has 1 unspecified atom stereocenters. The third-order valence-corrected chi connectivity index (χ3v) is 4.73. The second kappa shape index (κ2) is 7.39. The average molecular weight is 393 g/mol. The van der Waals surface area contributed by atoms with Crippen LogP contribution in [0.2, 0.25) is 5.02 Å². The van der Waals surface area contributed by atoms with E-state index in [4.69, 9.17) is 27.1 Å². The summed E-state index contributed by atoms with van der Waals surface area (Å²) >= 11 is 6.01. The minimum atomic E-state index is -0.550. The van der Waals surface area contributed by atoms with E-state index in [0.717, 1.165) is 16.5 Å². The average Bonchev–Trinajstić information content (AvgIpc) is 3.12. The van der Waals surface area contributed by atoms with Gasteiger partial charge < -0.3 is 10.3 Å². The van der Waals surface area contributed by atoms with Gasteiger partial charge in [-0.3, -0.25) is 0 Å². The predicted octanol–water partition coefficient (Wildman–Crippen LogP) is 4.80. The van der Waals surface area contributed by atoms with Crippen molar-refractivity contribution < 1.29 is 8.91 Å². The van der Waals surface area contributed by atoms with Crippen LogP contribution in [0.25, 0.3) is 22.2 Å². The van der Waals surface area contributed by atoms with Gasteiger partial charge in [-0.05, 0) is 29.8 Å². The molecule has 0 aliphatic rings. The van der Waals surface area contributed by atoms with E-state index in [9.17, 15) is 4.39 Å². The molecule has 0 amide bonds. The van der Waals surface area contributed by atoms with Gasteiger partial charge in [0, 0.05) is 34.5 Å². The quantitative estimate of drug-likeness (QED) is 0.539. The molecule has 0 spiro atoms. The summed E-state index contributed by atoms with van der Waals surface area (Å²) in [5, 5.41) is 14.5. The van der Waals surface area contributed by atoms with Gasteiger partial charge in [0.2, 0.25) is 0 Å². The Balaban J connectivity index is 1.74. The number of halogens is 2. The zero-order chi connectivity index (χ0) is 19.7. The summed E-state index contributed by atoms with van der Waals surface area (Å²) in [5.41, 5.74) is 9.46. The highest BCUT2D eigenvalue weighted by molar-refractivity contribution is 6.31. The zero-order valence-electron chi connectivity index (χ0n) is 14.6. The molecular weight excluding hydrogens is 379 g/mol. The van der Waals surface area contributed by atoms with Crippen LogP contribution in [0.15, 0.2) is 59.1 Å². The number of hydrogen-bond acceptors (Lipinski definition) is 5. The lowest BCUT2D eigenvalue weighted by Crippen LogP contribution is -2.16. The number of rotatable bonds is 4. The van der Waals surface area contributed by atoms with Gasteiger partial charge in [0.1, 0.15) is 23.3 Å². The van der Waals surface area contributed by atoms with Gasteiger partial charge in [-0.15, -0.1) is 0 Å². The summed E-state index contributed by atoms with van der Waals surface area (Å²) in [6.45, 7) is 0. The molecule has 2 heterocycles. The van der Waals surface area contributed by atoms with Crippen LogP contribution < -0.4 is 5.73 Å². The molecule has 0 aliphatic carbocycles. The lowest BCUT2D eigenvalue weighted by molar-refractivity contribution is 0.459. The lowest BCUT2D eigenvalue weighted by atomic mass is 9.94. The summed E-state index contributed by atoms with van der Waals surface area (Å²) in [6, 6.07) is 16.7. The Morgan fingerprint density at radius 3 is 2.82 bits per heavy atom. The van der Waals surface area contributed by atoms with E-state index in [-0.39, 0.29) is 17.8 Å². The highest BCUT2D eigenvalue weighted by atomic mass is 35.5. The maximum absolute atomic E-state index is 14.1. The largest absolute Gasteiger partial charge is 0.356 e. The number of fused-ring (bicyclic) bond motifs is 1. The molecule has 0 fully saturated rings. The first-order valence-electron chi connectivity index (χ1n) is 8.52. The molecule has 7 heteroatoms. The summed E-state index contributed by atoms with van der Waals surface area (Å²) in [5.74, 6) is -0.492. The van der Waals surface area contributed by atoms with E-state index in [0.29, 0.717) is 16.3 Å². The molecule has 0 saturated carbocycles. The Kier molecular flexibility index (Phi) is 4.78. The highest BCUT2D eigenvalue weighted by Gasteiger charge is 2.19. The molecule has 2 N–H and O–H groups in total. The van der Waals surface area contributed by atoms with E-state index >= 15 is 0 Å². The van der Waals surface area contributed by atoms with Crippen molar-refractivity contribution in [2.45, 2.75) is 12.5 Å². The van der Waals surface area contributed by atoms with Gasteiger partial charge >= 0.3 is 0 Å². The number of nitrogens with zero attached hydrogens (tertiary/aromatic N) is 3. The van der Waals surface area contributed by atoms with Gasteiger partial charge in [0.25, 0.3) is 0 Å². The monoisotopic (exact) mass is 392 g/mol. The van der Waals surface area contributed by atoms with Crippen molar-refractivity contribution in [1.82, 2.24) is 10.1 Å². The fraction of sp³-hybridized carbons (Fsp3) is 0.0952. The zero-order valence-corrected chi connectivity index (χ0v) is 15.3. The maximum Gasteiger partial charge on any atom is 0.169 e. The van der Waals surface area contributed by atoms with Crippen LogP contribution in [0.3, 0.4) is 0 Å². The highest BCUT2D eigenvalue weighted by Crippen LogP contribution is 2.34. The molecule has 4 aromatic rings. The van der Waals surface area contributed by atoms with E-state index in [1.165, 1.54) is 12.1 Å². The summed E-state index contributed by atoms with van der Waals surface area (Å²) in [7, 11) is 0. The van der Waals surface area contributed by atoms with Crippen molar-refractivity contribution in [2.75, 3.05) is 0 Å². The van der Waals surface area contributed by atoms with Crippen LogP contribution in [0, 0.1) is 17.1 Å². The van der Waals surface area contributed by atoms with Crippen molar-refractivity contribution >= 4 is 22.6 Å². The van der Waals surface area contributed by atoms with Gasteiger partial charge in [0.15, 0.2) is 5.58 Å². The molecule has 0 bridgehead atoms. The Morgan fingerprint density at radius 2 is 2.00 bits per heavy atom. The van der Waals surface area contributed by atoms with Crippen LogP contribution in [0.4, 0.5) is 4.39 Å². The number of nitrogens with two attached hydrogens (primary N) is 1. The smallest absolute Gasteiger partial charge is 0.169 e. The third-order valence-electron chi connectivity index (χ3n) is 4.50. The Morgan fingerprint density at radius 1 is 1.18 bits per heavy atom. The fourth-order valence-corrected chi connectivity index (χ4v) is 3.31. The molecule has 4 rings (SSSR count). The molecule has 0 radical (unpaired) electrons. The maximum atomic E-state index is 14.1. The molecule has 138 valence electrons. The first kappa shape index (κ1) is 18.1. The Bertz CT molecular complexity index is 1210. The molecule has 0 saturated heterocycles. The first-order valence-corrected chi connectivity index (χ1v) is 8.90. The van der Waals surface area contributed by atoms with Gasteiger partial charge in [-0.25, -0.2) is 9.37 Å². The third kappa shape index (κ3) is 3.33. The van der Waals surface area contributed by atoms with Crippen LogP contribution in [0.5, 0.6) is 0 Å². The van der Waals surface area contributed by atoms with Gasteiger partial charge in [-0.2, -0.15) is 5.26 Å². The predicted molar refractivity (Wildman–Crippen MR) is 104 cm³/mol. The van der Waals surface area contributed by atoms with E-state index in [1.807, 2.05) is 36.4 Å². The number of nitriles is 1. The second-order valence-corrected chi connectivity index (χ2v) is 6.74. The molecule has 5 nitrogen and oxygen atoms in total. The standard InChI is InChI=1S/C21H14ClFN4O/c22-12-5-7-16-20(9-12)28-27-21(16)15-4-2-1-3-14(15)18(25)10-19-17(23)8-6-13(11-24)26-19/h1-9,18H,10,25H2. The number of benzene rings is 2. The number of aromatic nitrogens is 2. The minimum absolute atomic E-state index is 0.139. The van der Waals surface area contributed by atoms with Crippen LogP contribution in [0.1, 0.15) is 23.0 Å². The normalized spacial score (nSPS) is 12.1. The van der Waals surface area contributed by atoms with E-state index < -0.39 is 11.9 Å². The second-order valence-electron chi connectivity index (χ2n) is 6.31.